The zero-order valence-corrected chi connectivity index (χ0v) is 16.8. The number of piperazine rings is 1. The van der Waals surface area contributed by atoms with Crippen LogP contribution in [0.4, 0.5) is 10.1 Å². The van der Waals surface area contributed by atoms with Crippen LogP contribution in [0.3, 0.4) is 0 Å². The van der Waals surface area contributed by atoms with Gasteiger partial charge in [-0.15, -0.1) is 0 Å². The molecule has 0 unspecified atom stereocenters. The monoisotopic (exact) mass is 395 g/mol. The quantitative estimate of drug-likeness (QED) is 0.791. The molecule has 1 saturated heterocycles. The molecule has 0 aliphatic carbocycles. The van der Waals surface area contributed by atoms with E-state index in [1.807, 2.05) is 37.0 Å². The fraction of sp³-hybridized carbons (Fsp3) is 0.304. The largest absolute Gasteiger partial charge is 0.337 e. The van der Waals surface area contributed by atoms with E-state index in [-0.39, 0.29) is 24.2 Å². The van der Waals surface area contributed by atoms with Crippen LogP contribution in [-0.4, -0.2) is 54.3 Å². The van der Waals surface area contributed by atoms with Crippen LogP contribution >= 0.6 is 0 Å². The first kappa shape index (κ1) is 20.7. The highest BCUT2D eigenvalue weighted by Crippen LogP contribution is 2.13. The highest BCUT2D eigenvalue weighted by molar-refractivity contribution is 5.93. The van der Waals surface area contributed by atoms with E-state index in [0.717, 1.165) is 11.1 Å². The van der Waals surface area contributed by atoms with Crippen molar-refractivity contribution in [3.8, 4) is 0 Å². The molecule has 5 nitrogen and oxygen atoms in total. The van der Waals surface area contributed by atoms with Gasteiger partial charge in [0.1, 0.15) is 5.82 Å². The number of carbonyl (C=O) groups excluding carboxylic acids is 2. The smallest absolute Gasteiger partial charge is 0.246 e. The summed E-state index contributed by atoms with van der Waals surface area (Å²) in [5, 5.41) is 2.70. The first-order valence-electron chi connectivity index (χ1n) is 9.73. The molecule has 2 amide bonds. The first-order chi connectivity index (χ1) is 13.9. The van der Waals surface area contributed by atoms with Gasteiger partial charge < -0.3 is 10.2 Å². The highest BCUT2D eigenvalue weighted by atomic mass is 19.1. The molecule has 2 aromatic carbocycles. The topological polar surface area (TPSA) is 52.7 Å². The van der Waals surface area contributed by atoms with Crippen LogP contribution in [-0.2, 0) is 9.59 Å². The highest BCUT2D eigenvalue weighted by Gasteiger charge is 2.21. The van der Waals surface area contributed by atoms with Crippen molar-refractivity contribution in [2.45, 2.75) is 13.8 Å². The number of hydrogen-bond donors (Lipinski definition) is 1. The second-order valence-corrected chi connectivity index (χ2v) is 7.35. The van der Waals surface area contributed by atoms with Gasteiger partial charge in [-0.25, -0.2) is 4.39 Å². The van der Waals surface area contributed by atoms with Crippen LogP contribution in [0.25, 0.3) is 6.08 Å². The number of benzene rings is 2. The van der Waals surface area contributed by atoms with Gasteiger partial charge in [-0.2, -0.15) is 0 Å². The first-order valence-corrected chi connectivity index (χ1v) is 9.73. The zero-order chi connectivity index (χ0) is 20.8. The Labute approximate surface area is 170 Å². The Kier molecular flexibility index (Phi) is 6.77. The van der Waals surface area contributed by atoms with Crippen molar-refractivity contribution in [2.75, 3.05) is 38.0 Å². The summed E-state index contributed by atoms with van der Waals surface area (Å²) in [6.07, 6.45) is 3.47. The molecule has 0 spiro atoms. The van der Waals surface area contributed by atoms with Crippen LogP contribution in [0.1, 0.15) is 16.7 Å². The maximum Gasteiger partial charge on any atom is 0.246 e. The molecule has 6 heteroatoms. The van der Waals surface area contributed by atoms with Crippen LogP contribution in [0, 0.1) is 19.7 Å². The minimum absolute atomic E-state index is 0.0196. The van der Waals surface area contributed by atoms with E-state index in [1.165, 1.54) is 17.7 Å². The molecule has 152 valence electrons. The van der Waals surface area contributed by atoms with E-state index in [2.05, 4.69) is 11.4 Å². The van der Waals surface area contributed by atoms with Gasteiger partial charge in [-0.3, -0.25) is 14.5 Å². The summed E-state index contributed by atoms with van der Waals surface area (Å²) in [6, 6.07) is 12.0. The third kappa shape index (κ3) is 5.99. The lowest BCUT2D eigenvalue weighted by Crippen LogP contribution is -2.50. The predicted octanol–water partition coefficient (Wildman–Crippen LogP) is 3.24. The Morgan fingerprint density at radius 1 is 1.07 bits per heavy atom. The number of rotatable bonds is 5. The van der Waals surface area contributed by atoms with Crippen LogP contribution in [0.15, 0.2) is 48.5 Å². The maximum absolute atomic E-state index is 13.2. The SMILES string of the molecule is Cc1ccc(C=CC(=O)N2CCN(CC(=O)Nc3cccc(F)c3)CC2)c(C)c1. The van der Waals surface area contributed by atoms with Crippen molar-refractivity contribution in [1.29, 1.82) is 0 Å². The lowest BCUT2D eigenvalue weighted by molar-refractivity contribution is -0.127. The van der Waals surface area contributed by atoms with Crippen LogP contribution < -0.4 is 5.32 Å². The van der Waals surface area contributed by atoms with Gasteiger partial charge >= 0.3 is 0 Å². The normalized spacial score (nSPS) is 14.9. The lowest BCUT2D eigenvalue weighted by Gasteiger charge is -2.33. The Hall–Kier alpha value is -2.99. The number of halogens is 1. The molecule has 29 heavy (non-hydrogen) atoms. The molecule has 1 aliphatic rings. The van der Waals surface area contributed by atoms with Crippen molar-refractivity contribution in [3.63, 3.8) is 0 Å². The van der Waals surface area contributed by atoms with Gasteiger partial charge in [-0.1, -0.05) is 29.8 Å². The average Bonchev–Trinajstić information content (AvgIpc) is 2.67. The summed E-state index contributed by atoms with van der Waals surface area (Å²) in [7, 11) is 0. The van der Waals surface area contributed by atoms with Gasteiger partial charge in [-0.05, 0) is 49.2 Å². The summed E-state index contributed by atoms with van der Waals surface area (Å²) < 4.78 is 13.2. The van der Waals surface area contributed by atoms with Crippen molar-refractivity contribution < 1.29 is 14.0 Å². The minimum atomic E-state index is -0.385. The lowest BCUT2D eigenvalue weighted by atomic mass is 10.1. The van der Waals surface area contributed by atoms with Crippen molar-refractivity contribution >= 4 is 23.6 Å². The van der Waals surface area contributed by atoms with E-state index >= 15 is 0 Å². The third-order valence-corrected chi connectivity index (χ3v) is 4.99. The number of nitrogens with one attached hydrogen (secondary N) is 1. The summed E-state index contributed by atoms with van der Waals surface area (Å²) in [4.78, 5) is 28.4. The number of aryl methyl sites for hydroxylation is 2. The van der Waals surface area contributed by atoms with Gasteiger partial charge in [0.05, 0.1) is 6.54 Å². The maximum atomic E-state index is 13.2. The van der Waals surface area contributed by atoms with Crippen molar-refractivity contribution in [1.82, 2.24) is 9.80 Å². The van der Waals surface area contributed by atoms with E-state index < -0.39 is 0 Å². The fourth-order valence-electron chi connectivity index (χ4n) is 3.38. The number of nitrogens with zero attached hydrogens (tertiary/aromatic N) is 2. The second-order valence-electron chi connectivity index (χ2n) is 7.35. The average molecular weight is 395 g/mol. The van der Waals surface area contributed by atoms with Gasteiger partial charge in [0.25, 0.3) is 0 Å². The molecule has 0 bridgehead atoms. The molecule has 3 rings (SSSR count). The zero-order valence-electron chi connectivity index (χ0n) is 16.8. The predicted molar refractivity (Wildman–Crippen MR) is 113 cm³/mol. The van der Waals surface area contributed by atoms with Gasteiger partial charge in [0, 0.05) is 37.9 Å². The van der Waals surface area contributed by atoms with Crippen LogP contribution in [0.5, 0.6) is 0 Å². The molecule has 0 radical (unpaired) electrons. The molecule has 0 aromatic heterocycles. The summed E-state index contributed by atoms with van der Waals surface area (Å²) in [6.45, 7) is 6.69. The third-order valence-electron chi connectivity index (χ3n) is 4.99. The molecule has 1 aliphatic heterocycles. The summed E-state index contributed by atoms with van der Waals surface area (Å²) >= 11 is 0. The summed E-state index contributed by atoms with van der Waals surface area (Å²) in [5.74, 6) is -0.595. The Morgan fingerprint density at radius 2 is 1.83 bits per heavy atom. The Bertz CT molecular complexity index is 918. The minimum Gasteiger partial charge on any atom is -0.337 e. The molecule has 1 N–H and O–H groups in total. The van der Waals surface area contributed by atoms with E-state index in [0.29, 0.717) is 31.9 Å². The van der Waals surface area contributed by atoms with E-state index in [9.17, 15) is 14.0 Å². The number of hydrogen-bond acceptors (Lipinski definition) is 3. The molecular formula is C23H26FN3O2. The fourth-order valence-corrected chi connectivity index (χ4v) is 3.38. The molecule has 0 saturated carbocycles. The molecule has 1 heterocycles. The number of carbonyl (C=O) groups is 2. The molecule has 1 fully saturated rings. The molecular weight excluding hydrogens is 369 g/mol. The Balaban J connectivity index is 1.46. The second kappa shape index (κ2) is 9.47. The van der Waals surface area contributed by atoms with Gasteiger partial charge in [0.2, 0.25) is 11.8 Å². The standard InChI is InChI=1S/C23H26FN3O2/c1-17-6-7-19(18(2)14-17)8-9-23(29)27-12-10-26(11-13-27)16-22(28)25-21-5-3-4-20(24)15-21/h3-9,14-15H,10-13,16H2,1-2H3,(H,25,28). The molecule has 0 atom stereocenters. The van der Waals surface area contributed by atoms with Crippen molar-refractivity contribution in [3.05, 3.63) is 71.0 Å². The summed E-state index contributed by atoms with van der Waals surface area (Å²) in [5.41, 5.74) is 3.82. The Morgan fingerprint density at radius 3 is 2.52 bits per heavy atom. The van der Waals surface area contributed by atoms with Crippen LogP contribution in [0.2, 0.25) is 0 Å². The van der Waals surface area contributed by atoms with Crippen molar-refractivity contribution in [2.24, 2.45) is 0 Å². The molecule has 2 aromatic rings. The van der Waals surface area contributed by atoms with E-state index in [1.54, 1.807) is 23.1 Å². The van der Waals surface area contributed by atoms with E-state index in [4.69, 9.17) is 0 Å². The van der Waals surface area contributed by atoms with Gasteiger partial charge in [0.15, 0.2) is 0 Å². The number of anilines is 1. The number of amides is 2.